The highest BCUT2D eigenvalue weighted by Crippen LogP contribution is 2.33. The third-order valence-corrected chi connectivity index (χ3v) is 3.44. The van der Waals surface area contributed by atoms with Crippen molar-refractivity contribution in [3.05, 3.63) is 0 Å². The van der Waals surface area contributed by atoms with Gasteiger partial charge in [0, 0.05) is 19.6 Å². The highest BCUT2D eigenvalue weighted by molar-refractivity contribution is 5.69. The number of carbonyl (C=O) groups is 1. The molecule has 16 heavy (non-hydrogen) atoms. The van der Waals surface area contributed by atoms with Crippen LogP contribution in [0, 0.1) is 0 Å². The fraction of sp³-hybridized carbons (Fsp3) is 0.909. The molecule has 5 nitrogen and oxygen atoms in total. The van der Waals surface area contributed by atoms with Crippen molar-refractivity contribution in [2.24, 2.45) is 0 Å². The second-order valence-corrected chi connectivity index (χ2v) is 4.89. The van der Waals surface area contributed by atoms with Gasteiger partial charge in [-0.15, -0.1) is 0 Å². The predicted octanol–water partition coefficient (Wildman–Crippen LogP) is 0.0769. The van der Waals surface area contributed by atoms with Crippen molar-refractivity contribution in [2.45, 2.75) is 37.4 Å². The molecule has 0 aromatic rings. The number of aliphatic hydroxyl groups excluding tert-OH is 1. The summed E-state index contributed by atoms with van der Waals surface area (Å²) >= 11 is 0. The third-order valence-electron chi connectivity index (χ3n) is 3.44. The lowest BCUT2D eigenvalue weighted by molar-refractivity contribution is -0.154. The first-order valence-corrected chi connectivity index (χ1v) is 5.86. The standard InChI is InChI=1S/C11H19NO4/c13-9-2-5-16-11(6-9)3-1-4-12(8-11)7-10(14)15/h9,13H,1-8H2,(H,14,15)/t9-,11+/m1/s1. The Labute approximate surface area is 95.0 Å². The van der Waals surface area contributed by atoms with Crippen LogP contribution in [-0.4, -0.2) is 59.0 Å². The minimum atomic E-state index is -0.798. The van der Waals surface area contributed by atoms with Crippen molar-refractivity contribution in [3.8, 4) is 0 Å². The van der Waals surface area contributed by atoms with E-state index in [-0.39, 0.29) is 18.2 Å². The summed E-state index contributed by atoms with van der Waals surface area (Å²) in [6, 6.07) is 0. The topological polar surface area (TPSA) is 70.0 Å². The Morgan fingerprint density at radius 3 is 3.06 bits per heavy atom. The van der Waals surface area contributed by atoms with Crippen LogP contribution in [0.4, 0.5) is 0 Å². The molecule has 5 heteroatoms. The molecule has 2 aliphatic heterocycles. The maximum absolute atomic E-state index is 10.7. The quantitative estimate of drug-likeness (QED) is 0.701. The van der Waals surface area contributed by atoms with Gasteiger partial charge < -0.3 is 14.9 Å². The van der Waals surface area contributed by atoms with E-state index in [1.54, 1.807) is 0 Å². The van der Waals surface area contributed by atoms with Gasteiger partial charge in [0.15, 0.2) is 0 Å². The zero-order valence-corrected chi connectivity index (χ0v) is 9.39. The highest BCUT2D eigenvalue weighted by Gasteiger charge is 2.40. The van der Waals surface area contributed by atoms with E-state index in [4.69, 9.17) is 9.84 Å². The van der Waals surface area contributed by atoms with Gasteiger partial charge in [0.2, 0.25) is 0 Å². The summed E-state index contributed by atoms with van der Waals surface area (Å²) in [5.41, 5.74) is -0.300. The zero-order valence-electron chi connectivity index (χ0n) is 9.39. The lowest BCUT2D eigenvalue weighted by Crippen LogP contribution is -2.54. The van der Waals surface area contributed by atoms with Gasteiger partial charge in [-0.25, -0.2) is 0 Å². The number of aliphatic hydroxyl groups is 1. The lowest BCUT2D eigenvalue weighted by atomic mass is 9.84. The van der Waals surface area contributed by atoms with E-state index in [2.05, 4.69) is 0 Å². The molecule has 2 fully saturated rings. The molecule has 0 radical (unpaired) electrons. The molecule has 0 aliphatic carbocycles. The second-order valence-electron chi connectivity index (χ2n) is 4.89. The number of carboxylic acid groups (broad SMARTS) is 1. The molecule has 0 saturated carbocycles. The van der Waals surface area contributed by atoms with E-state index >= 15 is 0 Å². The van der Waals surface area contributed by atoms with Crippen molar-refractivity contribution >= 4 is 5.97 Å². The monoisotopic (exact) mass is 229 g/mol. The van der Waals surface area contributed by atoms with Gasteiger partial charge in [0.05, 0.1) is 18.2 Å². The van der Waals surface area contributed by atoms with Crippen LogP contribution in [0.3, 0.4) is 0 Å². The van der Waals surface area contributed by atoms with E-state index in [0.29, 0.717) is 26.0 Å². The van der Waals surface area contributed by atoms with Crippen LogP contribution >= 0.6 is 0 Å². The van der Waals surface area contributed by atoms with E-state index in [1.807, 2.05) is 4.90 Å². The summed E-state index contributed by atoms with van der Waals surface area (Å²) in [6.07, 6.45) is 2.92. The fourth-order valence-corrected chi connectivity index (χ4v) is 2.80. The van der Waals surface area contributed by atoms with Gasteiger partial charge >= 0.3 is 5.97 Å². The van der Waals surface area contributed by atoms with Gasteiger partial charge in [-0.2, -0.15) is 0 Å². The van der Waals surface area contributed by atoms with Crippen molar-refractivity contribution in [1.82, 2.24) is 4.90 Å². The first-order chi connectivity index (χ1) is 7.60. The number of ether oxygens (including phenoxy) is 1. The van der Waals surface area contributed by atoms with Crippen molar-refractivity contribution in [3.63, 3.8) is 0 Å². The number of rotatable bonds is 2. The fourth-order valence-electron chi connectivity index (χ4n) is 2.80. The molecule has 0 bridgehead atoms. The van der Waals surface area contributed by atoms with Crippen molar-refractivity contribution in [1.29, 1.82) is 0 Å². The smallest absolute Gasteiger partial charge is 0.317 e. The third kappa shape index (κ3) is 2.72. The first-order valence-electron chi connectivity index (χ1n) is 5.86. The number of aliphatic carboxylic acids is 1. The molecule has 2 heterocycles. The molecule has 0 aromatic heterocycles. The van der Waals surface area contributed by atoms with Gasteiger partial charge in [-0.05, 0) is 25.8 Å². The largest absolute Gasteiger partial charge is 0.480 e. The molecule has 2 rings (SSSR count). The summed E-state index contributed by atoms with van der Waals surface area (Å²) in [7, 11) is 0. The summed E-state index contributed by atoms with van der Waals surface area (Å²) in [6.45, 7) is 2.10. The molecule has 2 N–H and O–H groups in total. The van der Waals surface area contributed by atoms with E-state index < -0.39 is 5.97 Å². The van der Waals surface area contributed by atoms with Crippen LogP contribution in [0.25, 0.3) is 0 Å². The van der Waals surface area contributed by atoms with E-state index in [1.165, 1.54) is 0 Å². The summed E-state index contributed by atoms with van der Waals surface area (Å²) in [4.78, 5) is 12.6. The molecule has 2 atom stereocenters. The number of piperidine rings is 1. The van der Waals surface area contributed by atoms with E-state index in [9.17, 15) is 9.90 Å². The number of likely N-dealkylation sites (tertiary alicyclic amines) is 1. The Hall–Kier alpha value is -0.650. The van der Waals surface area contributed by atoms with Gasteiger partial charge in [0.25, 0.3) is 0 Å². The van der Waals surface area contributed by atoms with Gasteiger partial charge in [0.1, 0.15) is 0 Å². The number of hydrogen-bond donors (Lipinski definition) is 2. The molecule has 2 saturated heterocycles. The number of nitrogens with zero attached hydrogens (tertiary/aromatic N) is 1. The van der Waals surface area contributed by atoms with Gasteiger partial charge in [-0.1, -0.05) is 0 Å². The molecular formula is C11H19NO4. The maximum Gasteiger partial charge on any atom is 0.317 e. The minimum Gasteiger partial charge on any atom is -0.480 e. The van der Waals surface area contributed by atoms with Crippen LogP contribution in [0.1, 0.15) is 25.7 Å². The number of hydrogen-bond acceptors (Lipinski definition) is 4. The Bertz CT molecular complexity index is 267. The minimum absolute atomic E-state index is 0.0706. The molecule has 0 aromatic carbocycles. The van der Waals surface area contributed by atoms with Crippen molar-refractivity contribution < 1.29 is 19.7 Å². The Morgan fingerprint density at radius 1 is 1.56 bits per heavy atom. The van der Waals surface area contributed by atoms with Crippen molar-refractivity contribution in [2.75, 3.05) is 26.2 Å². The second kappa shape index (κ2) is 4.69. The summed E-state index contributed by atoms with van der Waals surface area (Å²) in [5.74, 6) is -0.798. The first kappa shape index (κ1) is 11.8. The predicted molar refractivity (Wildman–Crippen MR) is 57.2 cm³/mol. The van der Waals surface area contributed by atoms with Crippen LogP contribution in [-0.2, 0) is 9.53 Å². The maximum atomic E-state index is 10.7. The molecule has 1 spiro atoms. The lowest BCUT2D eigenvalue weighted by Gasteiger charge is -2.45. The molecule has 2 aliphatic rings. The average Bonchev–Trinajstić information content (AvgIpc) is 2.15. The molecule has 0 unspecified atom stereocenters. The summed E-state index contributed by atoms with van der Waals surface area (Å²) < 4.78 is 5.79. The van der Waals surface area contributed by atoms with Crippen LogP contribution in [0.2, 0.25) is 0 Å². The van der Waals surface area contributed by atoms with Crippen LogP contribution in [0.15, 0.2) is 0 Å². The zero-order chi connectivity index (χ0) is 11.6. The molecule has 0 amide bonds. The highest BCUT2D eigenvalue weighted by atomic mass is 16.5. The van der Waals surface area contributed by atoms with E-state index in [0.717, 1.165) is 19.4 Å². The Morgan fingerprint density at radius 2 is 2.38 bits per heavy atom. The summed E-state index contributed by atoms with van der Waals surface area (Å²) in [5, 5.41) is 18.5. The molecule has 92 valence electrons. The number of carboxylic acids is 1. The molecular weight excluding hydrogens is 210 g/mol. The Kier molecular flexibility index (Phi) is 3.47. The SMILES string of the molecule is O=C(O)CN1CCC[C@]2(C[C@H](O)CCO2)C1. The average molecular weight is 229 g/mol. The van der Waals surface area contributed by atoms with Crippen LogP contribution < -0.4 is 0 Å². The normalized spacial score (nSPS) is 36.4. The van der Waals surface area contributed by atoms with Gasteiger partial charge in [-0.3, -0.25) is 9.69 Å². The van der Waals surface area contributed by atoms with Crippen LogP contribution in [0.5, 0.6) is 0 Å². The Balaban J connectivity index is 1.96.